The Labute approximate surface area is 132 Å². The molecule has 0 amide bonds. The fourth-order valence-corrected chi connectivity index (χ4v) is 2.75. The number of benzene rings is 2. The summed E-state index contributed by atoms with van der Waals surface area (Å²) in [4.78, 5) is 9.19. The zero-order chi connectivity index (χ0) is 15.8. The SMILES string of the molecule is Fc1ccc(-c2nc3c(c(-c4ccc(F)cc4)n2)CCN3)cc1. The molecule has 0 saturated carbocycles. The van der Waals surface area contributed by atoms with E-state index in [0.717, 1.165) is 41.2 Å². The van der Waals surface area contributed by atoms with Crippen molar-refractivity contribution >= 4 is 5.82 Å². The van der Waals surface area contributed by atoms with E-state index in [1.54, 1.807) is 24.3 Å². The molecule has 5 heteroatoms. The van der Waals surface area contributed by atoms with E-state index in [1.165, 1.54) is 24.3 Å². The van der Waals surface area contributed by atoms with Crippen LogP contribution in [0.5, 0.6) is 0 Å². The monoisotopic (exact) mass is 309 g/mol. The van der Waals surface area contributed by atoms with Gasteiger partial charge in [-0.05, 0) is 55.0 Å². The second kappa shape index (κ2) is 5.43. The van der Waals surface area contributed by atoms with Crippen LogP contribution in [0.25, 0.3) is 22.6 Å². The minimum Gasteiger partial charge on any atom is -0.369 e. The van der Waals surface area contributed by atoms with Crippen molar-refractivity contribution < 1.29 is 8.78 Å². The molecule has 114 valence electrons. The highest BCUT2D eigenvalue weighted by atomic mass is 19.1. The van der Waals surface area contributed by atoms with Crippen LogP contribution in [0, 0.1) is 11.6 Å². The molecule has 1 aromatic heterocycles. The van der Waals surface area contributed by atoms with E-state index in [0.29, 0.717) is 5.82 Å². The Morgan fingerprint density at radius 1 is 0.783 bits per heavy atom. The van der Waals surface area contributed by atoms with Gasteiger partial charge in [-0.3, -0.25) is 0 Å². The summed E-state index contributed by atoms with van der Waals surface area (Å²) in [7, 11) is 0. The van der Waals surface area contributed by atoms with Gasteiger partial charge in [0.05, 0.1) is 5.69 Å². The number of hydrogen-bond donors (Lipinski definition) is 1. The van der Waals surface area contributed by atoms with E-state index in [1.807, 2.05) is 0 Å². The number of hydrogen-bond acceptors (Lipinski definition) is 3. The van der Waals surface area contributed by atoms with E-state index < -0.39 is 0 Å². The molecule has 1 aliphatic rings. The van der Waals surface area contributed by atoms with Crippen molar-refractivity contribution in [2.24, 2.45) is 0 Å². The van der Waals surface area contributed by atoms with Gasteiger partial charge in [0.1, 0.15) is 17.5 Å². The molecule has 0 radical (unpaired) electrons. The molecular formula is C18H13F2N3. The highest BCUT2D eigenvalue weighted by Crippen LogP contribution is 2.32. The maximum absolute atomic E-state index is 13.2. The maximum Gasteiger partial charge on any atom is 0.162 e. The lowest BCUT2D eigenvalue weighted by molar-refractivity contribution is 0.627. The van der Waals surface area contributed by atoms with Crippen molar-refractivity contribution in [3.63, 3.8) is 0 Å². The Morgan fingerprint density at radius 3 is 2.04 bits per heavy atom. The van der Waals surface area contributed by atoms with Gasteiger partial charge in [0.15, 0.2) is 5.82 Å². The fourth-order valence-electron chi connectivity index (χ4n) is 2.75. The first-order chi connectivity index (χ1) is 11.2. The molecule has 3 nitrogen and oxygen atoms in total. The summed E-state index contributed by atoms with van der Waals surface area (Å²) in [6.07, 6.45) is 0.825. The van der Waals surface area contributed by atoms with Crippen molar-refractivity contribution in [2.75, 3.05) is 11.9 Å². The Morgan fingerprint density at radius 2 is 1.39 bits per heavy atom. The third kappa shape index (κ3) is 2.54. The molecule has 0 saturated heterocycles. The van der Waals surface area contributed by atoms with Crippen LogP contribution < -0.4 is 5.32 Å². The number of rotatable bonds is 2. The van der Waals surface area contributed by atoms with Gasteiger partial charge in [0, 0.05) is 23.2 Å². The molecule has 1 aliphatic heterocycles. The first-order valence-electron chi connectivity index (χ1n) is 7.37. The smallest absolute Gasteiger partial charge is 0.162 e. The molecule has 23 heavy (non-hydrogen) atoms. The molecule has 0 fully saturated rings. The van der Waals surface area contributed by atoms with Gasteiger partial charge in [-0.2, -0.15) is 0 Å². The Kier molecular flexibility index (Phi) is 3.26. The lowest BCUT2D eigenvalue weighted by Crippen LogP contribution is -1.99. The summed E-state index contributed by atoms with van der Waals surface area (Å²) in [6, 6.07) is 12.3. The second-order valence-electron chi connectivity index (χ2n) is 5.41. The minimum absolute atomic E-state index is 0.281. The average Bonchev–Trinajstić information content (AvgIpc) is 3.04. The van der Waals surface area contributed by atoms with Crippen LogP contribution in [0.2, 0.25) is 0 Å². The molecule has 2 heterocycles. The summed E-state index contributed by atoms with van der Waals surface area (Å²) in [6.45, 7) is 0.797. The summed E-state index contributed by atoms with van der Waals surface area (Å²) < 4.78 is 26.3. The van der Waals surface area contributed by atoms with Crippen LogP contribution in [-0.2, 0) is 6.42 Å². The van der Waals surface area contributed by atoms with Crippen LogP contribution >= 0.6 is 0 Å². The number of halogens is 2. The lowest BCUT2D eigenvalue weighted by atomic mass is 10.0. The van der Waals surface area contributed by atoms with Crippen molar-refractivity contribution in [3.05, 3.63) is 65.7 Å². The second-order valence-corrected chi connectivity index (χ2v) is 5.41. The van der Waals surface area contributed by atoms with Gasteiger partial charge in [0.2, 0.25) is 0 Å². The molecule has 0 unspecified atom stereocenters. The van der Waals surface area contributed by atoms with Crippen molar-refractivity contribution in [1.29, 1.82) is 0 Å². The van der Waals surface area contributed by atoms with E-state index in [9.17, 15) is 8.78 Å². The van der Waals surface area contributed by atoms with Crippen molar-refractivity contribution in [1.82, 2.24) is 9.97 Å². The van der Waals surface area contributed by atoms with E-state index in [-0.39, 0.29) is 11.6 Å². The topological polar surface area (TPSA) is 37.8 Å². The Balaban J connectivity index is 1.88. The van der Waals surface area contributed by atoms with Gasteiger partial charge < -0.3 is 5.32 Å². The Bertz CT molecular complexity index is 859. The molecule has 2 aromatic carbocycles. The normalized spacial score (nSPS) is 12.8. The standard InChI is InChI=1S/C18H13F2N3/c19-13-5-1-11(2-6-13)16-15-9-10-21-18(15)23-17(22-16)12-3-7-14(20)8-4-12/h1-8H,9-10H2,(H,21,22,23). The van der Waals surface area contributed by atoms with Gasteiger partial charge >= 0.3 is 0 Å². The third-order valence-electron chi connectivity index (χ3n) is 3.89. The number of fused-ring (bicyclic) bond motifs is 1. The van der Waals surface area contributed by atoms with Crippen LogP contribution in [0.15, 0.2) is 48.5 Å². The lowest BCUT2D eigenvalue weighted by Gasteiger charge is -2.10. The number of aromatic nitrogens is 2. The first-order valence-corrected chi connectivity index (χ1v) is 7.37. The fraction of sp³-hybridized carbons (Fsp3) is 0.111. The Hall–Kier alpha value is -2.82. The summed E-state index contributed by atoms with van der Waals surface area (Å²) in [5, 5.41) is 3.24. The summed E-state index contributed by atoms with van der Waals surface area (Å²) >= 11 is 0. The predicted molar refractivity (Wildman–Crippen MR) is 85.0 cm³/mol. The van der Waals surface area contributed by atoms with Crippen molar-refractivity contribution in [3.8, 4) is 22.6 Å². The highest BCUT2D eigenvalue weighted by Gasteiger charge is 2.20. The molecule has 0 bridgehead atoms. The summed E-state index contributed by atoms with van der Waals surface area (Å²) in [5.41, 5.74) is 3.41. The van der Waals surface area contributed by atoms with Crippen LogP contribution in [-0.4, -0.2) is 16.5 Å². The third-order valence-corrected chi connectivity index (χ3v) is 3.89. The van der Waals surface area contributed by atoms with E-state index in [4.69, 9.17) is 0 Å². The molecular weight excluding hydrogens is 296 g/mol. The van der Waals surface area contributed by atoms with Crippen LogP contribution in [0.4, 0.5) is 14.6 Å². The highest BCUT2D eigenvalue weighted by molar-refractivity contribution is 5.73. The minimum atomic E-state index is -0.299. The maximum atomic E-state index is 13.2. The number of anilines is 1. The molecule has 1 N–H and O–H groups in total. The van der Waals surface area contributed by atoms with Crippen LogP contribution in [0.3, 0.4) is 0 Å². The largest absolute Gasteiger partial charge is 0.369 e. The zero-order valence-electron chi connectivity index (χ0n) is 12.2. The average molecular weight is 309 g/mol. The van der Waals surface area contributed by atoms with Gasteiger partial charge in [-0.15, -0.1) is 0 Å². The predicted octanol–water partition coefficient (Wildman–Crippen LogP) is 4.06. The molecule has 0 spiro atoms. The quantitative estimate of drug-likeness (QED) is 0.776. The number of nitrogens with zero attached hydrogens (tertiary/aromatic N) is 2. The van der Waals surface area contributed by atoms with Crippen LogP contribution in [0.1, 0.15) is 5.56 Å². The van der Waals surface area contributed by atoms with Gasteiger partial charge in [0.25, 0.3) is 0 Å². The molecule has 4 rings (SSSR count). The van der Waals surface area contributed by atoms with Gasteiger partial charge in [-0.25, -0.2) is 18.7 Å². The van der Waals surface area contributed by atoms with E-state index >= 15 is 0 Å². The summed E-state index contributed by atoms with van der Waals surface area (Å²) in [5.74, 6) is 0.735. The van der Waals surface area contributed by atoms with Gasteiger partial charge in [-0.1, -0.05) is 0 Å². The molecule has 0 atom stereocenters. The molecule has 0 aliphatic carbocycles. The van der Waals surface area contributed by atoms with Crippen molar-refractivity contribution in [2.45, 2.75) is 6.42 Å². The molecule has 3 aromatic rings. The zero-order valence-corrected chi connectivity index (χ0v) is 12.2. The van der Waals surface area contributed by atoms with E-state index in [2.05, 4.69) is 15.3 Å². The first kappa shape index (κ1) is 13.8. The number of nitrogens with one attached hydrogen (secondary N) is 1.